The van der Waals surface area contributed by atoms with Crippen molar-refractivity contribution in [3.8, 4) is 5.75 Å². The summed E-state index contributed by atoms with van der Waals surface area (Å²) in [7, 11) is 1.65. The molecule has 0 atom stereocenters. The van der Waals surface area contributed by atoms with Gasteiger partial charge in [-0.05, 0) is 43.4 Å². The highest BCUT2D eigenvalue weighted by Crippen LogP contribution is 2.30. The molecule has 4 rings (SSSR count). The number of aromatic nitrogens is 2. The highest BCUT2D eigenvalue weighted by atomic mass is 16.5. The fourth-order valence-corrected chi connectivity index (χ4v) is 4.24. The molecule has 6 heteroatoms. The summed E-state index contributed by atoms with van der Waals surface area (Å²) in [6, 6.07) is 7.73. The number of amides is 1. The van der Waals surface area contributed by atoms with Gasteiger partial charge in [0.15, 0.2) is 0 Å². The SMILES string of the molecule is COc1ccc(CC(=O)N2CCc3nc(C)nc(N4CCC(C)CC4)c3C2)cc1. The average Bonchev–Trinajstić information content (AvgIpc) is 2.74. The van der Waals surface area contributed by atoms with Crippen LogP contribution in [0.2, 0.25) is 0 Å². The number of nitrogens with zero attached hydrogens (tertiary/aromatic N) is 4. The van der Waals surface area contributed by atoms with Crippen LogP contribution in [0.5, 0.6) is 5.75 Å². The molecule has 0 N–H and O–H groups in total. The van der Waals surface area contributed by atoms with Crippen LogP contribution in [0.25, 0.3) is 0 Å². The lowest BCUT2D eigenvalue weighted by atomic mass is 9.98. The first-order chi connectivity index (χ1) is 14.0. The number of aryl methyl sites for hydroxylation is 1. The molecule has 1 fully saturated rings. The number of carbonyl (C=O) groups excluding carboxylic acids is 1. The van der Waals surface area contributed by atoms with Crippen molar-refractivity contribution in [2.75, 3.05) is 31.6 Å². The van der Waals surface area contributed by atoms with Gasteiger partial charge in [0.05, 0.1) is 25.8 Å². The van der Waals surface area contributed by atoms with Gasteiger partial charge >= 0.3 is 0 Å². The molecule has 0 radical (unpaired) electrons. The van der Waals surface area contributed by atoms with Crippen LogP contribution in [0, 0.1) is 12.8 Å². The summed E-state index contributed by atoms with van der Waals surface area (Å²) < 4.78 is 5.20. The Morgan fingerprint density at radius 3 is 2.55 bits per heavy atom. The summed E-state index contributed by atoms with van der Waals surface area (Å²) >= 11 is 0. The number of carbonyl (C=O) groups is 1. The van der Waals surface area contributed by atoms with Crippen molar-refractivity contribution < 1.29 is 9.53 Å². The van der Waals surface area contributed by atoms with Gasteiger partial charge in [0, 0.05) is 31.6 Å². The van der Waals surface area contributed by atoms with Gasteiger partial charge in [0.2, 0.25) is 5.91 Å². The van der Waals surface area contributed by atoms with Crippen molar-refractivity contribution in [2.24, 2.45) is 5.92 Å². The molecule has 1 aromatic heterocycles. The quantitative estimate of drug-likeness (QED) is 0.797. The van der Waals surface area contributed by atoms with Crippen LogP contribution in [0.15, 0.2) is 24.3 Å². The molecule has 0 saturated carbocycles. The Balaban J connectivity index is 1.51. The summed E-state index contributed by atoms with van der Waals surface area (Å²) in [5.41, 5.74) is 3.26. The molecular formula is C23H30N4O2. The van der Waals surface area contributed by atoms with Gasteiger partial charge in [-0.25, -0.2) is 9.97 Å². The zero-order chi connectivity index (χ0) is 20.4. The first-order valence-electron chi connectivity index (χ1n) is 10.6. The minimum Gasteiger partial charge on any atom is -0.497 e. The number of fused-ring (bicyclic) bond motifs is 1. The molecule has 0 aliphatic carbocycles. The van der Waals surface area contributed by atoms with Crippen LogP contribution < -0.4 is 9.64 Å². The Morgan fingerprint density at radius 2 is 1.86 bits per heavy atom. The molecule has 29 heavy (non-hydrogen) atoms. The first-order valence-corrected chi connectivity index (χ1v) is 10.6. The zero-order valence-electron chi connectivity index (χ0n) is 17.6. The number of piperidine rings is 1. The second-order valence-electron chi connectivity index (χ2n) is 8.28. The Labute approximate surface area is 172 Å². The number of benzene rings is 1. The van der Waals surface area contributed by atoms with Gasteiger partial charge in [-0.2, -0.15) is 0 Å². The van der Waals surface area contributed by atoms with E-state index in [0.29, 0.717) is 13.0 Å². The fraction of sp³-hybridized carbons (Fsp3) is 0.522. The van der Waals surface area contributed by atoms with Gasteiger partial charge in [0.25, 0.3) is 0 Å². The van der Waals surface area contributed by atoms with E-state index in [9.17, 15) is 4.79 Å². The molecular weight excluding hydrogens is 364 g/mol. The lowest BCUT2D eigenvalue weighted by molar-refractivity contribution is -0.131. The lowest BCUT2D eigenvalue weighted by Gasteiger charge is -2.36. The van der Waals surface area contributed by atoms with Crippen molar-refractivity contribution in [1.82, 2.24) is 14.9 Å². The first kappa shape index (κ1) is 19.7. The zero-order valence-corrected chi connectivity index (χ0v) is 17.6. The summed E-state index contributed by atoms with van der Waals surface area (Å²) in [6.45, 7) is 7.67. The maximum atomic E-state index is 13.0. The minimum atomic E-state index is 0.152. The van der Waals surface area contributed by atoms with Crippen LogP contribution in [-0.4, -0.2) is 47.5 Å². The summed E-state index contributed by atoms with van der Waals surface area (Å²) in [6.07, 6.45) is 3.59. The van der Waals surface area contributed by atoms with E-state index in [2.05, 4.69) is 11.8 Å². The lowest BCUT2D eigenvalue weighted by Crippen LogP contribution is -2.40. The summed E-state index contributed by atoms with van der Waals surface area (Å²) in [4.78, 5) is 26.8. The Morgan fingerprint density at radius 1 is 1.14 bits per heavy atom. The number of anilines is 1. The van der Waals surface area contributed by atoms with Crippen molar-refractivity contribution in [3.05, 3.63) is 46.9 Å². The van der Waals surface area contributed by atoms with Gasteiger partial charge < -0.3 is 14.5 Å². The average molecular weight is 395 g/mol. The van der Waals surface area contributed by atoms with Crippen LogP contribution in [-0.2, 0) is 24.2 Å². The van der Waals surface area contributed by atoms with E-state index in [1.54, 1.807) is 7.11 Å². The number of hydrogen-bond donors (Lipinski definition) is 0. The molecule has 2 aromatic rings. The largest absolute Gasteiger partial charge is 0.497 e. The van der Waals surface area contributed by atoms with E-state index in [1.165, 1.54) is 12.8 Å². The number of rotatable bonds is 4. The Bertz CT molecular complexity index is 873. The monoisotopic (exact) mass is 394 g/mol. The van der Waals surface area contributed by atoms with Gasteiger partial charge in [-0.15, -0.1) is 0 Å². The molecule has 0 spiro atoms. The van der Waals surface area contributed by atoms with Crippen molar-refractivity contribution in [2.45, 2.75) is 46.1 Å². The van der Waals surface area contributed by atoms with Crippen molar-refractivity contribution in [3.63, 3.8) is 0 Å². The molecule has 154 valence electrons. The Hall–Kier alpha value is -2.63. The second-order valence-corrected chi connectivity index (χ2v) is 8.28. The highest BCUT2D eigenvalue weighted by Gasteiger charge is 2.28. The molecule has 1 saturated heterocycles. The molecule has 0 unspecified atom stereocenters. The third-order valence-corrected chi connectivity index (χ3v) is 6.10. The van der Waals surface area contributed by atoms with Gasteiger partial charge in [0.1, 0.15) is 17.4 Å². The maximum Gasteiger partial charge on any atom is 0.227 e. The topological polar surface area (TPSA) is 58.6 Å². The van der Waals surface area contributed by atoms with E-state index < -0.39 is 0 Å². The number of hydrogen-bond acceptors (Lipinski definition) is 5. The standard InChI is InChI=1S/C23H30N4O2/c1-16-8-11-26(12-9-16)23-20-15-27(13-10-21(20)24-17(2)25-23)22(28)14-18-4-6-19(29-3)7-5-18/h4-7,16H,8-15H2,1-3H3. The van der Waals surface area contributed by atoms with Crippen LogP contribution in [0.1, 0.15) is 42.4 Å². The van der Waals surface area contributed by atoms with E-state index in [1.807, 2.05) is 36.1 Å². The fourth-order valence-electron chi connectivity index (χ4n) is 4.24. The van der Waals surface area contributed by atoms with E-state index >= 15 is 0 Å². The molecule has 3 heterocycles. The van der Waals surface area contributed by atoms with E-state index in [0.717, 1.165) is 66.2 Å². The maximum absolute atomic E-state index is 13.0. The summed E-state index contributed by atoms with van der Waals surface area (Å²) in [5, 5.41) is 0. The number of methoxy groups -OCH3 is 1. The highest BCUT2D eigenvalue weighted by molar-refractivity contribution is 5.79. The molecule has 2 aliphatic rings. The molecule has 6 nitrogen and oxygen atoms in total. The minimum absolute atomic E-state index is 0.152. The van der Waals surface area contributed by atoms with Crippen LogP contribution in [0.3, 0.4) is 0 Å². The van der Waals surface area contributed by atoms with Crippen LogP contribution in [0.4, 0.5) is 5.82 Å². The predicted octanol–water partition coefficient (Wildman–Crippen LogP) is 3.16. The molecule has 2 aliphatic heterocycles. The van der Waals surface area contributed by atoms with E-state index in [-0.39, 0.29) is 5.91 Å². The second kappa shape index (κ2) is 8.39. The normalized spacial score (nSPS) is 17.2. The Kier molecular flexibility index (Phi) is 5.69. The number of ether oxygens (including phenoxy) is 1. The third kappa shape index (κ3) is 4.36. The van der Waals surface area contributed by atoms with Crippen LogP contribution >= 0.6 is 0 Å². The van der Waals surface area contributed by atoms with Gasteiger partial charge in [-0.1, -0.05) is 19.1 Å². The molecule has 0 bridgehead atoms. The summed E-state index contributed by atoms with van der Waals surface area (Å²) in [5.74, 6) is 3.60. The molecule has 1 amide bonds. The third-order valence-electron chi connectivity index (χ3n) is 6.10. The van der Waals surface area contributed by atoms with Crippen molar-refractivity contribution >= 4 is 11.7 Å². The molecule has 1 aromatic carbocycles. The van der Waals surface area contributed by atoms with Gasteiger partial charge in [-0.3, -0.25) is 4.79 Å². The smallest absolute Gasteiger partial charge is 0.227 e. The predicted molar refractivity (Wildman–Crippen MR) is 113 cm³/mol. The van der Waals surface area contributed by atoms with Crippen molar-refractivity contribution in [1.29, 1.82) is 0 Å². The van der Waals surface area contributed by atoms with E-state index in [4.69, 9.17) is 14.7 Å².